The third-order valence-corrected chi connectivity index (χ3v) is 3.52. The molecule has 0 unspecified atom stereocenters. The minimum Gasteiger partial charge on any atom is -0.352 e. The molecule has 0 radical (unpaired) electrons. The van der Waals surface area contributed by atoms with Crippen LogP contribution in [0.2, 0.25) is 0 Å². The largest absolute Gasteiger partial charge is 0.352 e. The molecule has 0 amide bonds. The highest BCUT2D eigenvalue weighted by molar-refractivity contribution is 5.46. The van der Waals surface area contributed by atoms with Crippen molar-refractivity contribution < 1.29 is 0 Å². The molecule has 0 aliphatic heterocycles. The molecule has 2 aromatic rings. The Kier molecular flexibility index (Phi) is 5.33. The molecule has 1 N–H and O–H groups in total. The van der Waals surface area contributed by atoms with Gasteiger partial charge in [-0.25, -0.2) is 9.97 Å². The summed E-state index contributed by atoms with van der Waals surface area (Å²) in [7, 11) is 4.07. The lowest BCUT2D eigenvalue weighted by Gasteiger charge is -2.20. The van der Waals surface area contributed by atoms with Crippen molar-refractivity contribution in [3.05, 3.63) is 41.6 Å². The van der Waals surface area contributed by atoms with E-state index in [2.05, 4.69) is 47.1 Å². The average Bonchev–Trinajstić information content (AvgIpc) is 2.84. The van der Waals surface area contributed by atoms with Crippen molar-refractivity contribution in [2.75, 3.05) is 18.5 Å². The van der Waals surface area contributed by atoms with Gasteiger partial charge in [0.25, 0.3) is 0 Å². The molecular formula is C16H25N5. The molecule has 0 saturated carbocycles. The molecular weight excluding hydrogens is 262 g/mol. The maximum Gasteiger partial charge on any atom is 0.131 e. The SMILES string of the molecule is CCCNCc1cnc(N(C)Cc2nccn2C)c(C)c1. The number of hydrogen-bond acceptors (Lipinski definition) is 4. The van der Waals surface area contributed by atoms with Gasteiger partial charge in [0, 0.05) is 39.2 Å². The Bertz CT molecular complexity index is 576. The minimum absolute atomic E-state index is 0.755. The van der Waals surface area contributed by atoms with Crippen LogP contribution >= 0.6 is 0 Å². The van der Waals surface area contributed by atoms with Gasteiger partial charge in [-0.15, -0.1) is 0 Å². The van der Waals surface area contributed by atoms with Crippen molar-refractivity contribution in [2.45, 2.75) is 33.4 Å². The number of nitrogens with zero attached hydrogens (tertiary/aromatic N) is 4. The maximum absolute atomic E-state index is 4.62. The van der Waals surface area contributed by atoms with E-state index in [1.165, 1.54) is 11.1 Å². The molecule has 0 fully saturated rings. The van der Waals surface area contributed by atoms with Gasteiger partial charge < -0.3 is 14.8 Å². The van der Waals surface area contributed by atoms with E-state index in [0.29, 0.717) is 0 Å². The topological polar surface area (TPSA) is 46.0 Å². The number of nitrogens with one attached hydrogen (secondary N) is 1. The summed E-state index contributed by atoms with van der Waals surface area (Å²) in [6.07, 6.45) is 6.90. The molecule has 114 valence electrons. The van der Waals surface area contributed by atoms with Crippen molar-refractivity contribution in [1.29, 1.82) is 0 Å². The number of imidazole rings is 1. The molecule has 0 bridgehead atoms. The van der Waals surface area contributed by atoms with Crippen LogP contribution in [-0.4, -0.2) is 28.1 Å². The number of rotatable bonds is 7. The van der Waals surface area contributed by atoms with Crippen molar-refractivity contribution in [3.8, 4) is 0 Å². The molecule has 2 heterocycles. The average molecular weight is 287 g/mol. The molecule has 2 aromatic heterocycles. The third kappa shape index (κ3) is 4.04. The zero-order valence-electron chi connectivity index (χ0n) is 13.4. The van der Waals surface area contributed by atoms with E-state index in [4.69, 9.17) is 0 Å². The Morgan fingerprint density at radius 1 is 1.33 bits per heavy atom. The maximum atomic E-state index is 4.62. The monoisotopic (exact) mass is 287 g/mol. The number of anilines is 1. The predicted octanol–water partition coefficient (Wildman–Crippen LogP) is 2.26. The Balaban J connectivity index is 2.04. The first-order chi connectivity index (χ1) is 10.1. The first-order valence-corrected chi connectivity index (χ1v) is 7.45. The molecule has 0 spiro atoms. The van der Waals surface area contributed by atoms with Crippen molar-refractivity contribution >= 4 is 5.82 Å². The van der Waals surface area contributed by atoms with Crippen LogP contribution < -0.4 is 10.2 Å². The van der Waals surface area contributed by atoms with Gasteiger partial charge >= 0.3 is 0 Å². The second-order valence-electron chi connectivity index (χ2n) is 5.47. The fraction of sp³-hybridized carbons (Fsp3) is 0.500. The van der Waals surface area contributed by atoms with Gasteiger partial charge in [-0.1, -0.05) is 6.92 Å². The lowest BCUT2D eigenvalue weighted by molar-refractivity contribution is 0.673. The Morgan fingerprint density at radius 3 is 2.76 bits per heavy atom. The fourth-order valence-electron chi connectivity index (χ4n) is 2.37. The van der Waals surface area contributed by atoms with Gasteiger partial charge in [0.2, 0.25) is 0 Å². The summed E-state index contributed by atoms with van der Waals surface area (Å²) in [5.74, 6) is 2.05. The molecule has 21 heavy (non-hydrogen) atoms. The molecule has 5 nitrogen and oxygen atoms in total. The van der Waals surface area contributed by atoms with Crippen LogP contribution in [0.15, 0.2) is 24.7 Å². The van der Waals surface area contributed by atoms with Crippen molar-refractivity contribution in [1.82, 2.24) is 19.9 Å². The van der Waals surface area contributed by atoms with Crippen LogP contribution in [0.1, 0.15) is 30.3 Å². The van der Waals surface area contributed by atoms with Crippen LogP contribution in [0.25, 0.3) is 0 Å². The van der Waals surface area contributed by atoms with E-state index in [1.807, 2.05) is 30.2 Å². The summed E-state index contributed by atoms with van der Waals surface area (Å²) in [6.45, 7) is 6.96. The zero-order chi connectivity index (χ0) is 15.2. The van der Waals surface area contributed by atoms with Crippen molar-refractivity contribution in [2.24, 2.45) is 7.05 Å². The lowest BCUT2D eigenvalue weighted by Crippen LogP contribution is -2.21. The predicted molar refractivity (Wildman–Crippen MR) is 86.3 cm³/mol. The third-order valence-electron chi connectivity index (χ3n) is 3.52. The smallest absolute Gasteiger partial charge is 0.131 e. The lowest BCUT2D eigenvalue weighted by atomic mass is 10.2. The van der Waals surface area contributed by atoms with Crippen LogP contribution in [0.3, 0.4) is 0 Å². The number of pyridine rings is 1. The van der Waals surface area contributed by atoms with Gasteiger partial charge in [-0.05, 0) is 37.1 Å². The normalized spacial score (nSPS) is 10.9. The summed E-state index contributed by atoms with van der Waals surface area (Å²) in [4.78, 5) is 11.1. The Morgan fingerprint density at radius 2 is 2.14 bits per heavy atom. The summed E-state index contributed by atoms with van der Waals surface area (Å²) in [5, 5.41) is 3.40. The number of aryl methyl sites for hydroxylation is 2. The van der Waals surface area contributed by atoms with Gasteiger partial charge in [0.15, 0.2) is 0 Å². The van der Waals surface area contributed by atoms with E-state index >= 15 is 0 Å². The summed E-state index contributed by atoms with van der Waals surface area (Å²) in [5.41, 5.74) is 2.43. The van der Waals surface area contributed by atoms with Gasteiger partial charge in [0.05, 0.1) is 6.54 Å². The minimum atomic E-state index is 0.755. The number of hydrogen-bond donors (Lipinski definition) is 1. The molecule has 0 aromatic carbocycles. The summed E-state index contributed by atoms with van der Waals surface area (Å²) in [6, 6.07) is 2.21. The molecule has 0 aliphatic rings. The standard InChI is InChI=1S/C16H25N5/c1-5-6-17-10-14-9-13(2)16(19-11-14)21(4)12-15-18-7-8-20(15)3/h7-9,11,17H,5-6,10,12H2,1-4H3. The molecule has 0 aliphatic carbocycles. The van der Waals surface area contributed by atoms with Gasteiger partial charge in [-0.3, -0.25) is 0 Å². The first-order valence-electron chi connectivity index (χ1n) is 7.45. The molecule has 0 atom stereocenters. The number of aromatic nitrogens is 3. The van der Waals surface area contributed by atoms with Crippen LogP contribution in [0.4, 0.5) is 5.82 Å². The molecule has 2 rings (SSSR count). The summed E-state index contributed by atoms with van der Waals surface area (Å²) < 4.78 is 2.04. The van der Waals surface area contributed by atoms with Gasteiger partial charge in [-0.2, -0.15) is 0 Å². The fourth-order valence-corrected chi connectivity index (χ4v) is 2.37. The van der Waals surface area contributed by atoms with Crippen molar-refractivity contribution in [3.63, 3.8) is 0 Å². The van der Waals surface area contributed by atoms with E-state index in [-0.39, 0.29) is 0 Å². The quantitative estimate of drug-likeness (QED) is 0.794. The van der Waals surface area contributed by atoms with Crippen LogP contribution in [0.5, 0.6) is 0 Å². The second kappa shape index (κ2) is 7.22. The van der Waals surface area contributed by atoms with E-state index in [9.17, 15) is 0 Å². The van der Waals surface area contributed by atoms with E-state index in [1.54, 1.807) is 0 Å². The van der Waals surface area contributed by atoms with Crippen LogP contribution in [0, 0.1) is 6.92 Å². The van der Waals surface area contributed by atoms with Crippen LogP contribution in [-0.2, 0) is 20.1 Å². The van der Waals surface area contributed by atoms with E-state index in [0.717, 1.165) is 37.7 Å². The Labute approximate surface area is 127 Å². The highest BCUT2D eigenvalue weighted by atomic mass is 15.2. The highest BCUT2D eigenvalue weighted by Crippen LogP contribution is 2.18. The zero-order valence-corrected chi connectivity index (χ0v) is 13.4. The van der Waals surface area contributed by atoms with Gasteiger partial charge in [0.1, 0.15) is 11.6 Å². The first kappa shape index (κ1) is 15.5. The van der Waals surface area contributed by atoms with E-state index < -0.39 is 0 Å². The molecule has 0 saturated heterocycles. The summed E-state index contributed by atoms with van der Waals surface area (Å²) >= 11 is 0. The second-order valence-corrected chi connectivity index (χ2v) is 5.47. The highest BCUT2D eigenvalue weighted by Gasteiger charge is 2.10. The Hall–Kier alpha value is -1.88. The molecule has 5 heteroatoms.